The van der Waals surface area contributed by atoms with Gasteiger partial charge in [0.25, 0.3) is 0 Å². The summed E-state index contributed by atoms with van der Waals surface area (Å²) >= 11 is 0. The van der Waals surface area contributed by atoms with Crippen LogP contribution in [0.5, 0.6) is 0 Å². The second kappa shape index (κ2) is 14.2. The molecule has 1 atom stereocenters. The van der Waals surface area contributed by atoms with Crippen LogP contribution in [0.3, 0.4) is 0 Å². The predicted octanol–water partition coefficient (Wildman–Crippen LogP) is 5.97. The number of rotatable bonds is 10. The van der Waals surface area contributed by atoms with Crippen molar-refractivity contribution in [2.24, 2.45) is 0 Å². The first-order valence-corrected chi connectivity index (χ1v) is 17.6. The summed E-state index contributed by atoms with van der Waals surface area (Å²) < 4.78 is 2.27. The molecule has 3 aromatic carbocycles. The second-order valence-electron chi connectivity index (χ2n) is 13.4. The summed E-state index contributed by atoms with van der Waals surface area (Å²) in [7, 11) is 0. The molecule has 4 heterocycles. The highest BCUT2D eigenvalue weighted by Gasteiger charge is 2.27. The van der Waals surface area contributed by atoms with Gasteiger partial charge in [0, 0.05) is 67.9 Å². The molecular weight excluding hydrogens is 628 g/mol. The van der Waals surface area contributed by atoms with Crippen LogP contribution in [0.4, 0.5) is 34.6 Å². The fourth-order valence-corrected chi connectivity index (χ4v) is 7.24. The number of carbonyl (C=O) groups excluding carboxylic acids is 2. The lowest BCUT2D eigenvalue weighted by molar-refractivity contribution is -0.133. The van der Waals surface area contributed by atoms with E-state index in [1.165, 1.54) is 24.1 Å². The zero-order valence-corrected chi connectivity index (χ0v) is 28.0. The lowest BCUT2D eigenvalue weighted by Gasteiger charge is -2.36. The normalized spacial score (nSPS) is 18.7. The number of piperidine rings is 1. The molecule has 2 saturated heterocycles. The van der Waals surface area contributed by atoms with Gasteiger partial charge in [0.15, 0.2) is 5.65 Å². The SMILES string of the molecule is O=C1CCC(Nc2ccc(CN3CCN(c4ccc(Nc5ncc6nc(Nc7ccccc7)n(C7CCCC7)c6n5)cc4)CC3)cc2)C(=O)N1. The number of hydrogen-bond donors (Lipinski definition) is 4. The number of amides is 2. The summed E-state index contributed by atoms with van der Waals surface area (Å²) in [6, 6.07) is 26.9. The fraction of sp³-hybridized carbons (Fsp3) is 0.342. The lowest BCUT2D eigenvalue weighted by Crippen LogP contribution is -2.47. The molecule has 1 aliphatic carbocycles. The van der Waals surface area contributed by atoms with E-state index in [1.54, 1.807) is 0 Å². The van der Waals surface area contributed by atoms with Crippen LogP contribution in [0, 0.1) is 0 Å². The van der Waals surface area contributed by atoms with Gasteiger partial charge < -0.3 is 20.9 Å². The first-order valence-electron chi connectivity index (χ1n) is 17.6. The first-order chi connectivity index (χ1) is 24.5. The number of anilines is 6. The fourth-order valence-electron chi connectivity index (χ4n) is 7.24. The molecule has 2 amide bonds. The van der Waals surface area contributed by atoms with Crippen LogP contribution in [0.25, 0.3) is 11.2 Å². The van der Waals surface area contributed by atoms with Gasteiger partial charge in [-0.2, -0.15) is 4.98 Å². The molecule has 3 aliphatic rings. The third-order valence-corrected chi connectivity index (χ3v) is 9.95. The van der Waals surface area contributed by atoms with Crippen LogP contribution in [0.2, 0.25) is 0 Å². The quantitative estimate of drug-likeness (QED) is 0.132. The smallest absolute Gasteiger partial charge is 0.249 e. The van der Waals surface area contributed by atoms with Gasteiger partial charge in [0.1, 0.15) is 11.6 Å². The summed E-state index contributed by atoms with van der Waals surface area (Å²) in [4.78, 5) is 42.8. The average Bonchev–Trinajstić information content (AvgIpc) is 3.79. The Morgan fingerprint density at radius 3 is 2.22 bits per heavy atom. The number of nitrogens with one attached hydrogen (secondary N) is 4. The van der Waals surface area contributed by atoms with Crippen LogP contribution in [-0.2, 0) is 16.1 Å². The molecule has 5 aromatic rings. The number of imide groups is 1. The molecule has 50 heavy (non-hydrogen) atoms. The summed E-state index contributed by atoms with van der Waals surface area (Å²) in [5.74, 6) is 0.914. The molecular formula is C38H42N10O2. The van der Waals surface area contributed by atoms with Gasteiger partial charge in [0.05, 0.1) is 6.20 Å². The van der Waals surface area contributed by atoms with Crippen LogP contribution in [0.15, 0.2) is 85.1 Å². The van der Waals surface area contributed by atoms with Gasteiger partial charge in [-0.1, -0.05) is 43.2 Å². The number of aromatic nitrogens is 4. The molecule has 0 spiro atoms. The number of benzene rings is 3. The highest BCUT2D eigenvalue weighted by molar-refractivity contribution is 6.01. The minimum Gasteiger partial charge on any atom is -0.374 e. The maximum absolute atomic E-state index is 12.1. The lowest BCUT2D eigenvalue weighted by atomic mass is 10.1. The maximum Gasteiger partial charge on any atom is 0.249 e. The van der Waals surface area contributed by atoms with Crippen molar-refractivity contribution in [2.75, 3.05) is 47.0 Å². The third-order valence-electron chi connectivity index (χ3n) is 9.95. The molecule has 256 valence electrons. The highest BCUT2D eigenvalue weighted by atomic mass is 16.2. The standard InChI is InChI=1S/C38H42N10O2/c49-34-19-18-32(36(50)44-34)40-28-12-10-26(11-13-28)25-46-20-22-47(23-21-46)30-16-14-29(15-17-30)41-37-39-24-33-35(45-37)48(31-8-4-5-9-31)38(43-33)42-27-6-2-1-3-7-27/h1-3,6-7,10-17,24,31-32,40H,4-5,8-9,18-23,25H2,(H,42,43)(H,39,41,45)(H,44,49,50). The number of hydrogen-bond acceptors (Lipinski definition) is 10. The van der Waals surface area contributed by atoms with Crippen molar-refractivity contribution in [3.63, 3.8) is 0 Å². The minimum atomic E-state index is -0.372. The zero-order chi connectivity index (χ0) is 33.9. The highest BCUT2D eigenvalue weighted by Crippen LogP contribution is 2.36. The van der Waals surface area contributed by atoms with E-state index in [4.69, 9.17) is 9.97 Å². The Bertz CT molecular complexity index is 1950. The van der Waals surface area contributed by atoms with E-state index in [-0.39, 0.29) is 17.9 Å². The van der Waals surface area contributed by atoms with Gasteiger partial charge in [-0.15, -0.1) is 0 Å². The molecule has 12 heteroatoms. The first kappa shape index (κ1) is 31.8. The van der Waals surface area contributed by atoms with E-state index in [0.29, 0.717) is 24.8 Å². The van der Waals surface area contributed by atoms with Gasteiger partial charge in [0.2, 0.25) is 23.7 Å². The van der Waals surface area contributed by atoms with Gasteiger partial charge in [-0.25, -0.2) is 9.97 Å². The van der Waals surface area contributed by atoms with E-state index in [2.05, 4.69) is 77.0 Å². The van der Waals surface area contributed by atoms with Crippen LogP contribution in [0.1, 0.15) is 50.1 Å². The van der Waals surface area contributed by atoms with E-state index in [9.17, 15) is 9.59 Å². The van der Waals surface area contributed by atoms with Crippen LogP contribution < -0.4 is 26.2 Å². The average molecular weight is 671 g/mol. The minimum absolute atomic E-state index is 0.202. The number of imidazole rings is 1. The maximum atomic E-state index is 12.1. The summed E-state index contributed by atoms with van der Waals surface area (Å²) in [6.45, 7) is 4.72. The summed E-state index contributed by atoms with van der Waals surface area (Å²) in [6.07, 6.45) is 7.37. The molecule has 2 aliphatic heterocycles. The Kier molecular flexibility index (Phi) is 9.00. The van der Waals surface area contributed by atoms with E-state index in [0.717, 1.165) is 79.7 Å². The summed E-state index contributed by atoms with van der Waals surface area (Å²) in [5, 5.41) is 12.6. The third kappa shape index (κ3) is 7.11. The van der Waals surface area contributed by atoms with Crippen molar-refractivity contribution in [2.45, 2.75) is 57.2 Å². The van der Waals surface area contributed by atoms with Crippen molar-refractivity contribution in [1.29, 1.82) is 0 Å². The van der Waals surface area contributed by atoms with E-state index in [1.807, 2.05) is 48.7 Å². The Hall–Kier alpha value is -5.49. The molecule has 3 fully saturated rings. The number of para-hydroxylation sites is 1. The Labute approximate surface area is 291 Å². The molecule has 12 nitrogen and oxygen atoms in total. The molecule has 4 N–H and O–H groups in total. The zero-order valence-electron chi connectivity index (χ0n) is 28.0. The topological polar surface area (TPSA) is 132 Å². The van der Waals surface area contributed by atoms with Crippen molar-refractivity contribution in [1.82, 2.24) is 29.7 Å². The second-order valence-corrected chi connectivity index (χ2v) is 13.4. The Morgan fingerprint density at radius 1 is 0.760 bits per heavy atom. The molecule has 2 aromatic heterocycles. The van der Waals surface area contributed by atoms with Crippen LogP contribution in [-0.4, -0.2) is 68.5 Å². The van der Waals surface area contributed by atoms with Crippen LogP contribution >= 0.6 is 0 Å². The van der Waals surface area contributed by atoms with Crippen molar-refractivity contribution < 1.29 is 9.59 Å². The van der Waals surface area contributed by atoms with Crippen molar-refractivity contribution >= 4 is 57.6 Å². The van der Waals surface area contributed by atoms with E-state index >= 15 is 0 Å². The van der Waals surface area contributed by atoms with Gasteiger partial charge in [-0.05, 0) is 73.4 Å². The monoisotopic (exact) mass is 670 g/mol. The molecule has 1 unspecified atom stereocenters. The number of carbonyl (C=O) groups is 2. The Morgan fingerprint density at radius 2 is 1.48 bits per heavy atom. The van der Waals surface area contributed by atoms with Gasteiger partial charge >= 0.3 is 0 Å². The molecule has 0 radical (unpaired) electrons. The van der Waals surface area contributed by atoms with Crippen molar-refractivity contribution in [3.8, 4) is 0 Å². The number of piperazine rings is 1. The number of nitrogens with zero attached hydrogens (tertiary/aromatic N) is 6. The summed E-state index contributed by atoms with van der Waals surface area (Å²) in [5.41, 5.74) is 6.90. The molecule has 1 saturated carbocycles. The van der Waals surface area contributed by atoms with E-state index < -0.39 is 0 Å². The Balaban J connectivity index is 0.867. The predicted molar refractivity (Wildman–Crippen MR) is 196 cm³/mol. The molecule has 0 bridgehead atoms. The van der Waals surface area contributed by atoms with Gasteiger partial charge in [-0.3, -0.25) is 24.4 Å². The van der Waals surface area contributed by atoms with Crippen molar-refractivity contribution in [3.05, 3.63) is 90.6 Å². The largest absolute Gasteiger partial charge is 0.374 e. The molecule has 8 rings (SSSR count). The number of fused-ring (bicyclic) bond motifs is 1.